The summed E-state index contributed by atoms with van der Waals surface area (Å²) >= 11 is 0. The standard InChI is InChI=1S/C17H15NO3/c1-3-21-17(19)14-10-18-15-12-7-5-4-6-11(12)8-9-13(15)16(14)20-2/h4-10H,3H2,1-2H3. The number of ether oxygens (including phenoxy) is 2. The summed E-state index contributed by atoms with van der Waals surface area (Å²) < 4.78 is 10.5. The fraction of sp³-hybridized carbons (Fsp3) is 0.176. The zero-order valence-electron chi connectivity index (χ0n) is 11.9. The first-order valence-corrected chi connectivity index (χ1v) is 6.77. The van der Waals surface area contributed by atoms with Crippen LogP contribution in [-0.4, -0.2) is 24.7 Å². The molecule has 1 aromatic heterocycles. The summed E-state index contributed by atoms with van der Waals surface area (Å²) in [6.07, 6.45) is 1.52. The summed E-state index contributed by atoms with van der Waals surface area (Å²) in [4.78, 5) is 16.4. The molecule has 0 saturated heterocycles. The lowest BCUT2D eigenvalue weighted by Gasteiger charge is -2.11. The molecular formula is C17H15NO3. The lowest BCUT2D eigenvalue weighted by Crippen LogP contribution is -2.07. The second-order valence-electron chi connectivity index (χ2n) is 4.61. The minimum Gasteiger partial charge on any atom is -0.495 e. The van der Waals surface area contributed by atoms with Crippen LogP contribution >= 0.6 is 0 Å². The number of carbonyl (C=O) groups is 1. The summed E-state index contributed by atoms with van der Waals surface area (Å²) in [5.41, 5.74) is 1.17. The average molecular weight is 281 g/mol. The van der Waals surface area contributed by atoms with Gasteiger partial charge < -0.3 is 9.47 Å². The molecule has 21 heavy (non-hydrogen) atoms. The van der Waals surface area contributed by atoms with Crippen LogP contribution in [0, 0.1) is 0 Å². The Morgan fingerprint density at radius 1 is 1.14 bits per heavy atom. The van der Waals surface area contributed by atoms with Crippen molar-refractivity contribution in [1.29, 1.82) is 0 Å². The van der Waals surface area contributed by atoms with E-state index >= 15 is 0 Å². The molecule has 0 unspecified atom stereocenters. The van der Waals surface area contributed by atoms with E-state index in [1.807, 2.05) is 36.4 Å². The van der Waals surface area contributed by atoms with E-state index in [4.69, 9.17) is 9.47 Å². The van der Waals surface area contributed by atoms with Gasteiger partial charge in [-0.05, 0) is 18.4 Å². The predicted molar refractivity (Wildman–Crippen MR) is 81.8 cm³/mol. The third kappa shape index (κ3) is 2.18. The second-order valence-corrected chi connectivity index (χ2v) is 4.61. The van der Waals surface area contributed by atoms with Crippen molar-refractivity contribution >= 4 is 27.6 Å². The largest absolute Gasteiger partial charge is 0.495 e. The Hall–Kier alpha value is -2.62. The fourth-order valence-electron chi connectivity index (χ4n) is 2.48. The molecule has 1 heterocycles. The SMILES string of the molecule is CCOC(=O)c1cnc2c(ccc3ccccc32)c1OC. The number of nitrogens with zero attached hydrogens (tertiary/aromatic N) is 1. The van der Waals surface area contributed by atoms with Crippen LogP contribution in [0.3, 0.4) is 0 Å². The predicted octanol–water partition coefficient (Wildman–Crippen LogP) is 3.57. The van der Waals surface area contributed by atoms with Crippen molar-refractivity contribution in [3.05, 3.63) is 48.2 Å². The molecule has 0 N–H and O–H groups in total. The summed E-state index contributed by atoms with van der Waals surface area (Å²) in [7, 11) is 1.55. The van der Waals surface area contributed by atoms with Crippen molar-refractivity contribution in [2.45, 2.75) is 6.92 Å². The molecule has 0 aliphatic heterocycles. The van der Waals surface area contributed by atoms with Crippen LogP contribution in [0.5, 0.6) is 5.75 Å². The van der Waals surface area contributed by atoms with E-state index in [0.29, 0.717) is 17.9 Å². The third-order valence-corrected chi connectivity index (χ3v) is 3.41. The maximum Gasteiger partial charge on any atom is 0.343 e. The molecular weight excluding hydrogens is 266 g/mol. The quantitative estimate of drug-likeness (QED) is 0.544. The summed E-state index contributed by atoms with van der Waals surface area (Å²) in [5.74, 6) is 0.0844. The van der Waals surface area contributed by atoms with Crippen LogP contribution in [0.15, 0.2) is 42.6 Å². The van der Waals surface area contributed by atoms with Gasteiger partial charge in [-0.15, -0.1) is 0 Å². The number of carbonyl (C=O) groups excluding carboxylic acids is 1. The van der Waals surface area contributed by atoms with E-state index in [-0.39, 0.29) is 0 Å². The molecule has 0 aliphatic carbocycles. The van der Waals surface area contributed by atoms with Gasteiger partial charge in [-0.1, -0.05) is 30.3 Å². The van der Waals surface area contributed by atoms with Gasteiger partial charge in [0.1, 0.15) is 11.3 Å². The van der Waals surface area contributed by atoms with Gasteiger partial charge in [0.15, 0.2) is 0 Å². The molecule has 0 fully saturated rings. The molecule has 0 atom stereocenters. The second kappa shape index (κ2) is 5.40. The average Bonchev–Trinajstić information content (AvgIpc) is 2.53. The Balaban J connectivity index is 2.31. The van der Waals surface area contributed by atoms with Crippen LogP contribution in [0.1, 0.15) is 17.3 Å². The van der Waals surface area contributed by atoms with Crippen molar-refractivity contribution in [2.75, 3.05) is 13.7 Å². The number of fused-ring (bicyclic) bond motifs is 3. The monoisotopic (exact) mass is 281 g/mol. The van der Waals surface area contributed by atoms with Crippen molar-refractivity contribution in [3.63, 3.8) is 0 Å². The van der Waals surface area contributed by atoms with E-state index in [1.54, 1.807) is 14.0 Å². The molecule has 2 aromatic carbocycles. The van der Waals surface area contributed by atoms with E-state index in [9.17, 15) is 4.79 Å². The Bertz CT molecular complexity index is 827. The number of hydrogen-bond donors (Lipinski definition) is 0. The fourth-order valence-corrected chi connectivity index (χ4v) is 2.48. The molecule has 3 aromatic rings. The number of rotatable bonds is 3. The number of aromatic nitrogens is 1. The van der Waals surface area contributed by atoms with Crippen LogP contribution in [0.25, 0.3) is 21.7 Å². The van der Waals surface area contributed by atoms with Crippen molar-refractivity contribution < 1.29 is 14.3 Å². The number of pyridine rings is 1. The molecule has 4 heteroatoms. The zero-order valence-corrected chi connectivity index (χ0v) is 11.9. The van der Waals surface area contributed by atoms with E-state index in [2.05, 4.69) is 4.98 Å². The number of methoxy groups -OCH3 is 1. The molecule has 4 nitrogen and oxygen atoms in total. The highest BCUT2D eigenvalue weighted by Gasteiger charge is 2.18. The van der Waals surface area contributed by atoms with E-state index < -0.39 is 5.97 Å². The highest BCUT2D eigenvalue weighted by molar-refractivity contribution is 6.09. The topological polar surface area (TPSA) is 48.4 Å². The first-order valence-electron chi connectivity index (χ1n) is 6.77. The van der Waals surface area contributed by atoms with Crippen LogP contribution in [0.4, 0.5) is 0 Å². The lowest BCUT2D eigenvalue weighted by atomic mass is 10.0. The Morgan fingerprint density at radius 3 is 2.71 bits per heavy atom. The minimum absolute atomic E-state index is 0.317. The number of esters is 1. The van der Waals surface area contributed by atoms with Gasteiger partial charge in [0.25, 0.3) is 0 Å². The minimum atomic E-state index is -0.420. The van der Waals surface area contributed by atoms with Gasteiger partial charge in [-0.2, -0.15) is 0 Å². The van der Waals surface area contributed by atoms with Crippen LogP contribution in [-0.2, 0) is 4.74 Å². The van der Waals surface area contributed by atoms with Gasteiger partial charge in [0.05, 0.1) is 19.2 Å². The molecule has 0 aliphatic rings. The Kier molecular flexibility index (Phi) is 3.44. The van der Waals surface area contributed by atoms with Gasteiger partial charge in [-0.3, -0.25) is 4.98 Å². The Morgan fingerprint density at radius 2 is 1.95 bits per heavy atom. The van der Waals surface area contributed by atoms with Gasteiger partial charge in [0, 0.05) is 17.0 Å². The normalized spacial score (nSPS) is 10.8. The highest BCUT2D eigenvalue weighted by Crippen LogP contribution is 2.32. The molecule has 0 amide bonds. The maximum atomic E-state index is 12.0. The van der Waals surface area contributed by atoms with Crippen molar-refractivity contribution in [1.82, 2.24) is 4.98 Å². The van der Waals surface area contributed by atoms with Gasteiger partial charge >= 0.3 is 5.97 Å². The molecule has 3 rings (SSSR count). The maximum absolute atomic E-state index is 12.0. The molecule has 0 spiro atoms. The van der Waals surface area contributed by atoms with Crippen LogP contribution in [0.2, 0.25) is 0 Å². The molecule has 0 radical (unpaired) electrons. The van der Waals surface area contributed by atoms with Gasteiger partial charge in [-0.25, -0.2) is 4.79 Å². The molecule has 0 bridgehead atoms. The summed E-state index contributed by atoms with van der Waals surface area (Å²) in [6, 6.07) is 11.9. The lowest BCUT2D eigenvalue weighted by molar-refractivity contribution is 0.0522. The zero-order chi connectivity index (χ0) is 14.8. The van der Waals surface area contributed by atoms with Gasteiger partial charge in [0.2, 0.25) is 0 Å². The molecule has 106 valence electrons. The number of hydrogen-bond acceptors (Lipinski definition) is 4. The van der Waals surface area contributed by atoms with E-state index in [1.165, 1.54) is 6.20 Å². The first kappa shape index (κ1) is 13.4. The molecule has 0 saturated carbocycles. The summed E-state index contributed by atoms with van der Waals surface area (Å²) in [5, 5.41) is 2.94. The first-order chi connectivity index (χ1) is 10.3. The van der Waals surface area contributed by atoms with Crippen molar-refractivity contribution in [2.24, 2.45) is 0 Å². The third-order valence-electron chi connectivity index (χ3n) is 3.41. The van der Waals surface area contributed by atoms with Crippen LogP contribution < -0.4 is 4.74 Å². The summed E-state index contributed by atoms with van der Waals surface area (Å²) in [6.45, 7) is 2.09. The number of benzene rings is 2. The smallest absolute Gasteiger partial charge is 0.343 e. The van der Waals surface area contributed by atoms with E-state index in [0.717, 1.165) is 21.7 Å². The highest BCUT2D eigenvalue weighted by atomic mass is 16.5. The van der Waals surface area contributed by atoms with Crippen molar-refractivity contribution in [3.8, 4) is 5.75 Å². The Labute approximate surface area is 122 Å².